The number of benzene rings is 3. The fourth-order valence-corrected chi connectivity index (χ4v) is 5.22. The molecule has 0 saturated heterocycles. The number of aryl methyl sites for hydroxylation is 3. The van der Waals surface area contributed by atoms with E-state index in [1.807, 2.05) is 6.07 Å². The quantitative estimate of drug-likeness (QED) is 0.543. The average Bonchev–Trinajstić information content (AvgIpc) is 2.85. The molecule has 0 fully saturated rings. The zero-order chi connectivity index (χ0) is 19.4. The van der Waals surface area contributed by atoms with Crippen LogP contribution in [0.25, 0.3) is 0 Å². The topological polar surface area (TPSA) is 26.0 Å². The Morgan fingerprint density at radius 1 is 0.704 bits per heavy atom. The standard InChI is InChI=1S/C26H29N/c1-17-10-13-22-24(14-17)25(4,5)16-26(22,21-9-7-6-8-18(21)2)23-15-20(27)12-11-19(23)3/h6-15H,16,27H2,1-5H3. The molecule has 0 spiro atoms. The molecule has 0 amide bonds. The van der Waals surface area contributed by atoms with E-state index in [2.05, 4.69) is 89.2 Å². The van der Waals surface area contributed by atoms with Gasteiger partial charge in [0.25, 0.3) is 0 Å². The molecule has 1 unspecified atom stereocenters. The third-order valence-corrected chi connectivity index (χ3v) is 6.40. The first kappa shape index (κ1) is 17.9. The van der Waals surface area contributed by atoms with E-state index in [0.717, 1.165) is 12.1 Å². The maximum atomic E-state index is 6.28. The van der Waals surface area contributed by atoms with Crippen molar-refractivity contribution in [3.05, 3.63) is 99.6 Å². The number of fused-ring (bicyclic) bond motifs is 1. The van der Waals surface area contributed by atoms with Crippen LogP contribution in [0.2, 0.25) is 0 Å². The van der Waals surface area contributed by atoms with Crippen LogP contribution in [0.4, 0.5) is 5.69 Å². The van der Waals surface area contributed by atoms with Crippen molar-refractivity contribution in [1.29, 1.82) is 0 Å². The molecule has 3 aromatic carbocycles. The minimum Gasteiger partial charge on any atom is -0.399 e. The summed E-state index contributed by atoms with van der Waals surface area (Å²) < 4.78 is 0. The second-order valence-corrected chi connectivity index (χ2v) is 8.90. The SMILES string of the molecule is Cc1ccc2c(c1)C(C)(C)CC2(c1ccccc1C)c1cc(N)ccc1C. The Morgan fingerprint density at radius 2 is 1.41 bits per heavy atom. The first-order valence-electron chi connectivity index (χ1n) is 9.80. The lowest BCUT2D eigenvalue weighted by Crippen LogP contribution is -2.30. The highest BCUT2D eigenvalue weighted by Gasteiger charge is 2.50. The van der Waals surface area contributed by atoms with E-state index in [4.69, 9.17) is 5.73 Å². The van der Waals surface area contributed by atoms with Crippen molar-refractivity contribution in [2.75, 3.05) is 5.73 Å². The highest BCUT2D eigenvalue weighted by molar-refractivity contribution is 5.64. The van der Waals surface area contributed by atoms with Gasteiger partial charge in [-0.15, -0.1) is 0 Å². The Labute approximate surface area is 163 Å². The maximum Gasteiger partial charge on any atom is 0.0468 e. The van der Waals surface area contributed by atoms with Gasteiger partial charge in [-0.3, -0.25) is 0 Å². The van der Waals surface area contributed by atoms with Crippen molar-refractivity contribution >= 4 is 5.69 Å². The molecule has 3 aromatic rings. The van der Waals surface area contributed by atoms with Crippen LogP contribution in [0.5, 0.6) is 0 Å². The van der Waals surface area contributed by atoms with E-state index in [1.54, 1.807) is 0 Å². The van der Waals surface area contributed by atoms with E-state index < -0.39 is 0 Å². The third-order valence-electron chi connectivity index (χ3n) is 6.40. The number of hydrogen-bond acceptors (Lipinski definition) is 1. The summed E-state index contributed by atoms with van der Waals surface area (Å²) in [6, 6.07) is 22.2. The Hall–Kier alpha value is -2.54. The molecule has 1 aliphatic rings. The van der Waals surface area contributed by atoms with Crippen molar-refractivity contribution in [2.24, 2.45) is 0 Å². The zero-order valence-electron chi connectivity index (χ0n) is 17.1. The van der Waals surface area contributed by atoms with Crippen LogP contribution in [0, 0.1) is 20.8 Å². The van der Waals surface area contributed by atoms with Crippen molar-refractivity contribution in [1.82, 2.24) is 0 Å². The molecule has 0 saturated carbocycles. The summed E-state index contributed by atoms with van der Waals surface area (Å²) in [6.07, 6.45) is 1.05. The van der Waals surface area contributed by atoms with Crippen LogP contribution in [-0.4, -0.2) is 0 Å². The first-order chi connectivity index (χ1) is 12.8. The van der Waals surface area contributed by atoms with E-state index in [-0.39, 0.29) is 10.8 Å². The summed E-state index contributed by atoms with van der Waals surface area (Å²) in [7, 11) is 0. The zero-order valence-corrected chi connectivity index (χ0v) is 17.1. The summed E-state index contributed by atoms with van der Waals surface area (Å²) >= 11 is 0. The van der Waals surface area contributed by atoms with Crippen LogP contribution in [0.1, 0.15) is 59.2 Å². The molecule has 4 rings (SSSR count). The van der Waals surface area contributed by atoms with Gasteiger partial charge in [-0.1, -0.05) is 67.9 Å². The molecule has 0 bridgehead atoms. The highest BCUT2D eigenvalue weighted by Crippen LogP contribution is 2.57. The molecule has 0 aromatic heterocycles. The predicted molar refractivity (Wildman–Crippen MR) is 115 cm³/mol. The van der Waals surface area contributed by atoms with Gasteiger partial charge >= 0.3 is 0 Å². The monoisotopic (exact) mass is 355 g/mol. The summed E-state index contributed by atoms with van der Waals surface area (Å²) in [5, 5.41) is 0. The van der Waals surface area contributed by atoms with Gasteiger partial charge in [-0.05, 0) is 78.1 Å². The number of nitrogen functional groups attached to an aromatic ring is 1. The molecule has 0 aliphatic heterocycles. The molecule has 1 nitrogen and oxygen atoms in total. The minimum absolute atomic E-state index is 0.0979. The van der Waals surface area contributed by atoms with Gasteiger partial charge < -0.3 is 5.73 Å². The molecule has 1 heteroatoms. The van der Waals surface area contributed by atoms with E-state index in [1.165, 1.54) is 38.9 Å². The summed E-state index contributed by atoms with van der Waals surface area (Å²) in [5.41, 5.74) is 16.6. The van der Waals surface area contributed by atoms with Gasteiger partial charge in [0.1, 0.15) is 0 Å². The summed E-state index contributed by atoms with van der Waals surface area (Å²) in [4.78, 5) is 0. The van der Waals surface area contributed by atoms with Crippen LogP contribution in [-0.2, 0) is 10.8 Å². The maximum absolute atomic E-state index is 6.28. The normalized spacial score (nSPS) is 20.5. The second kappa shape index (κ2) is 5.99. The van der Waals surface area contributed by atoms with Gasteiger partial charge in [0.05, 0.1) is 0 Å². The fourth-order valence-electron chi connectivity index (χ4n) is 5.22. The van der Waals surface area contributed by atoms with Crippen molar-refractivity contribution in [3.63, 3.8) is 0 Å². The van der Waals surface area contributed by atoms with E-state index in [9.17, 15) is 0 Å². The molecular weight excluding hydrogens is 326 g/mol. The largest absolute Gasteiger partial charge is 0.399 e. The smallest absolute Gasteiger partial charge is 0.0468 e. The first-order valence-corrected chi connectivity index (χ1v) is 9.80. The Kier molecular flexibility index (Phi) is 3.96. The Bertz CT molecular complexity index is 1030. The lowest BCUT2D eigenvalue weighted by atomic mass is 9.66. The number of anilines is 1. The van der Waals surface area contributed by atoms with Crippen LogP contribution >= 0.6 is 0 Å². The van der Waals surface area contributed by atoms with Crippen LogP contribution in [0.3, 0.4) is 0 Å². The van der Waals surface area contributed by atoms with E-state index in [0.29, 0.717) is 0 Å². The number of rotatable bonds is 2. The average molecular weight is 356 g/mol. The minimum atomic E-state index is -0.169. The molecule has 0 heterocycles. The number of hydrogen-bond donors (Lipinski definition) is 1. The molecule has 1 aliphatic carbocycles. The van der Waals surface area contributed by atoms with E-state index >= 15 is 0 Å². The highest BCUT2D eigenvalue weighted by atomic mass is 14.6. The van der Waals surface area contributed by atoms with Crippen molar-refractivity contribution in [3.8, 4) is 0 Å². The summed E-state index contributed by atoms with van der Waals surface area (Å²) in [6.45, 7) is 11.4. The predicted octanol–water partition coefficient (Wildman–Crippen LogP) is 6.21. The second-order valence-electron chi connectivity index (χ2n) is 8.90. The third kappa shape index (κ3) is 2.60. The van der Waals surface area contributed by atoms with Gasteiger partial charge in [-0.25, -0.2) is 0 Å². The Morgan fingerprint density at radius 3 is 2.15 bits per heavy atom. The van der Waals surface area contributed by atoms with Crippen LogP contribution < -0.4 is 5.73 Å². The lowest BCUT2D eigenvalue weighted by Gasteiger charge is -2.36. The Balaban J connectivity index is 2.15. The van der Waals surface area contributed by atoms with Gasteiger partial charge in [0, 0.05) is 11.1 Å². The molecular formula is C26H29N. The van der Waals surface area contributed by atoms with Gasteiger partial charge in [0.15, 0.2) is 0 Å². The lowest BCUT2D eigenvalue weighted by molar-refractivity contribution is 0.442. The van der Waals surface area contributed by atoms with Gasteiger partial charge in [0.2, 0.25) is 0 Å². The molecule has 1 atom stereocenters. The van der Waals surface area contributed by atoms with Crippen molar-refractivity contribution < 1.29 is 0 Å². The van der Waals surface area contributed by atoms with Gasteiger partial charge in [-0.2, -0.15) is 0 Å². The fraction of sp³-hybridized carbons (Fsp3) is 0.308. The molecule has 27 heavy (non-hydrogen) atoms. The summed E-state index contributed by atoms with van der Waals surface area (Å²) in [5.74, 6) is 0. The van der Waals surface area contributed by atoms with Crippen LogP contribution in [0.15, 0.2) is 60.7 Å². The van der Waals surface area contributed by atoms with Crippen molar-refractivity contribution in [2.45, 2.75) is 51.9 Å². The molecule has 2 N–H and O–H groups in total. The molecule has 138 valence electrons. The molecule has 0 radical (unpaired) electrons. The number of nitrogens with two attached hydrogens (primary N) is 1.